The molecule has 7 heteroatoms. The standard InChI is InChI=1S/C16H20N4O.2ClH/c17-13-2-1-3-14(10-13)19-16(21)12-4-6-15(7-5-12)20-9-8-18-11-20;;/h4-9,11,13-14H,1-3,10,17H2,(H,19,21);2*1H. The molecule has 0 saturated heterocycles. The second kappa shape index (κ2) is 8.91. The fourth-order valence-electron chi connectivity index (χ4n) is 2.82. The van der Waals surface area contributed by atoms with Crippen molar-refractivity contribution in [1.29, 1.82) is 0 Å². The lowest BCUT2D eigenvalue weighted by molar-refractivity contribution is 0.0925. The highest BCUT2D eigenvalue weighted by atomic mass is 35.5. The highest BCUT2D eigenvalue weighted by Crippen LogP contribution is 2.17. The van der Waals surface area contributed by atoms with Crippen molar-refractivity contribution in [2.45, 2.75) is 37.8 Å². The second-order valence-corrected chi connectivity index (χ2v) is 5.61. The second-order valence-electron chi connectivity index (χ2n) is 5.61. The van der Waals surface area contributed by atoms with E-state index >= 15 is 0 Å². The van der Waals surface area contributed by atoms with Crippen molar-refractivity contribution in [1.82, 2.24) is 14.9 Å². The van der Waals surface area contributed by atoms with Gasteiger partial charge < -0.3 is 15.6 Å². The molecule has 1 aliphatic carbocycles. The lowest BCUT2D eigenvalue weighted by Gasteiger charge is -2.27. The van der Waals surface area contributed by atoms with Crippen LogP contribution in [0.15, 0.2) is 43.0 Å². The number of hydrogen-bond acceptors (Lipinski definition) is 3. The molecule has 1 aliphatic rings. The maximum atomic E-state index is 12.2. The van der Waals surface area contributed by atoms with Crippen LogP contribution in [-0.4, -0.2) is 27.5 Å². The Balaban J connectivity index is 0.00000132. The van der Waals surface area contributed by atoms with Gasteiger partial charge >= 0.3 is 0 Å². The first-order chi connectivity index (χ1) is 10.2. The number of carbonyl (C=O) groups excluding carboxylic acids is 1. The van der Waals surface area contributed by atoms with Crippen molar-refractivity contribution in [2.24, 2.45) is 5.73 Å². The van der Waals surface area contributed by atoms with Crippen LogP contribution >= 0.6 is 24.8 Å². The lowest BCUT2D eigenvalue weighted by Crippen LogP contribution is -2.42. The minimum absolute atomic E-state index is 0. The molecule has 5 nitrogen and oxygen atoms in total. The molecular weight excluding hydrogens is 335 g/mol. The summed E-state index contributed by atoms with van der Waals surface area (Å²) in [4.78, 5) is 16.3. The summed E-state index contributed by atoms with van der Waals surface area (Å²) < 4.78 is 1.90. The predicted octanol–water partition coefficient (Wildman–Crippen LogP) is 2.72. The van der Waals surface area contributed by atoms with E-state index < -0.39 is 0 Å². The number of nitrogens with one attached hydrogen (secondary N) is 1. The zero-order valence-corrected chi connectivity index (χ0v) is 14.4. The predicted molar refractivity (Wildman–Crippen MR) is 95.8 cm³/mol. The van der Waals surface area contributed by atoms with E-state index in [-0.39, 0.29) is 42.8 Å². The number of aromatic nitrogens is 2. The van der Waals surface area contributed by atoms with E-state index in [0.29, 0.717) is 5.56 Å². The van der Waals surface area contributed by atoms with Crippen molar-refractivity contribution >= 4 is 30.7 Å². The molecule has 1 saturated carbocycles. The highest BCUT2D eigenvalue weighted by molar-refractivity contribution is 5.94. The summed E-state index contributed by atoms with van der Waals surface area (Å²) in [6.07, 6.45) is 9.38. The van der Waals surface area contributed by atoms with Crippen LogP contribution in [0.5, 0.6) is 0 Å². The Kier molecular flexibility index (Phi) is 7.55. The van der Waals surface area contributed by atoms with Gasteiger partial charge in [0.1, 0.15) is 0 Å². The number of nitrogens with zero attached hydrogens (tertiary/aromatic N) is 2. The summed E-state index contributed by atoms with van der Waals surface area (Å²) in [5.41, 5.74) is 7.62. The smallest absolute Gasteiger partial charge is 0.251 e. The number of benzene rings is 1. The molecule has 126 valence electrons. The molecule has 1 fully saturated rings. The van der Waals surface area contributed by atoms with Gasteiger partial charge in [-0.05, 0) is 49.9 Å². The summed E-state index contributed by atoms with van der Waals surface area (Å²) in [5.74, 6) is -0.0220. The Hall–Kier alpha value is -1.56. The molecule has 0 spiro atoms. The normalized spacial score (nSPS) is 20.0. The Labute approximate surface area is 148 Å². The van der Waals surface area contributed by atoms with Crippen LogP contribution in [0.2, 0.25) is 0 Å². The van der Waals surface area contributed by atoms with Gasteiger partial charge in [-0.2, -0.15) is 0 Å². The van der Waals surface area contributed by atoms with Gasteiger partial charge in [-0.1, -0.05) is 0 Å². The Bertz CT molecular complexity index is 601. The van der Waals surface area contributed by atoms with Gasteiger partial charge in [0.25, 0.3) is 5.91 Å². The molecule has 1 aromatic carbocycles. The molecule has 0 bridgehead atoms. The Morgan fingerprint density at radius 2 is 1.96 bits per heavy atom. The molecule has 1 amide bonds. The van der Waals surface area contributed by atoms with Crippen molar-refractivity contribution in [3.8, 4) is 5.69 Å². The molecule has 1 aromatic heterocycles. The first-order valence-electron chi connectivity index (χ1n) is 7.37. The number of carbonyl (C=O) groups is 1. The van der Waals surface area contributed by atoms with Crippen LogP contribution in [0, 0.1) is 0 Å². The average molecular weight is 357 g/mol. The van der Waals surface area contributed by atoms with E-state index in [4.69, 9.17) is 5.73 Å². The van der Waals surface area contributed by atoms with Crippen LogP contribution < -0.4 is 11.1 Å². The largest absolute Gasteiger partial charge is 0.349 e. The van der Waals surface area contributed by atoms with Crippen LogP contribution in [0.1, 0.15) is 36.0 Å². The maximum Gasteiger partial charge on any atom is 0.251 e. The fraction of sp³-hybridized carbons (Fsp3) is 0.375. The van der Waals surface area contributed by atoms with Gasteiger partial charge in [-0.3, -0.25) is 4.79 Å². The SMILES string of the molecule is Cl.Cl.NC1CCCC(NC(=O)c2ccc(-n3ccnc3)cc2)C1. The van der Waals surface area contributed by atoms with E-state index in [1.54, 1.807) is 12.5 Å². The van der Waals surface area contributed by atoms with Gasteiger partial charge in [-0.15, -0.1) is 24.8 Å². The molecule has 0 aliphatic heterocycles. The first-order valence-corrected chi connectivity index (χ1v) is 7.37. The van der Waals surface area contributed by atoms with Gasteiger partial charge in [0.2, 0.25) is 0 Å². The fourth-order valence-corrected chi connectivity index (χ4v) is 2.82. The summed E-state index contributed by atoms with van der Waals surface area (Å²) in [6.45, 7) is 0. The third kappa shape index (κ3) is 4.96. The zero-order valence-electron chi connectivity index (χ0n) is 12.7. The summed E-state index contributed by atoms with van der Waals surface area (Å²) in [5, 5.41) is 3.08. The molecule has 2 atom stereocenters. The minimum Gasteiger partial charge on any atom is -0.349 e. The Morgan fingerprint density at radius 1 is 1.22 bits per heavy atom. The summed E-state index contributed by atoms with van der Waals surface area (Å²) in [7, 11) is 0. The number of nitrogens with two attached hydrogens (primary N) is 1. The zero-order chi connectivity index (χ0) is 14.7. The number of imidazole rings is 1. The number of rotatable bonds is 3. The van der Waals surface area contributed by atoms with E-state index in [1.807, 2.05) is 35.0 Å². The van der Waals surface area contributed by atoms with Gasteiger partial charge in [-0.25, -0.2) is 4.98 Å². The Morgan fingerprint density at radius 3 is 2.57 bits per heavy atom. The molecule has 3 N–H and O–H groups in total. The molecule has 1 heterocycles. The van der Waals surface area contributed by atoms with Gasteiger partial charge in [0.05, 0.1) is 6.33 Å². The lowest BCUT2D eigenvalue weighted by atomic mass is 9.91. The van der Waals surface area contributed by atoms with E-state index in [1.165, 1.54) is 0 Å². The molecule has 3 rings (SSSR count). The monoisotopic (exact) mass is 356 g/mol. The summed E-state index contributed by atoms with van der Waals surface area (Å²) in [6, 6.07) is 7.94. The van der Waals surface area contributed by atoms with Crippen LogP contribution in [0.3, 0.4) is 0 Å². The number of halogens is 2. The molecule has 2 aromatic rings. The number of amides is 1. The minimum atomic E-state index is -0.0220. The molecular formula is C16H22Cl2N4O. The molecule has 2 unspecified atom stereocenters. The molecule has 0 radical (unpaired) electrons. The first kappa shape index (κ1) is 19.5. The van der Waals surface area contributed by atoms with E-state index in [0.717, 1.165) is 31.4 Å². The van der Waals surface area contributed by atoms with Crippen molar-refractivity contribution in [3.05, 3.63) is 48.5 Å². The van der Waals surface area contributed by atoms with E-state index in [2.05, 4.69) is 10.3 Å². The van der Waals surface area contributed by atoms with Gasteiger partial charge in [0.15, 0.2) is 0 Å². The van der Waals surface area contributed by atoms with Crippen LogP contribution in [0.4, 0.5) is 0 Å². The van der Waals surface area contributed by atoms with Gasteiger partial charge in [0, 0.05) is 35.7 Å². The summed E-state index contributed by atoms with van der Waals surface area (Å²) >= 11 is 0. The molecule has 23 heavy (non-hydrogen) atoms. The van der Waals surface area contributed by atoms with Crippen molar-refractivity contribution < 1.29 is 4.79 Å². The average Bonchev–Trinajstić information content (AvgIpc) is 3.01. The topological polar surface area (TPSA) is 72.9 Å². The quantitative estimate of drug-likeness (QED) is 0.887. The van der Waals surface area contributed by atoms with Crippen LogP contribution in [0.25, 0.3) is 5.69 Å². The van der Waals surface area contributed by atoms with E-state index in [9.17, 15) is 4.79 Å². The highest BCUT2D eigenvalue weighted by Gasteiger charge is 2.21. The third-order valence-corrected chi connectivity index (χ3v) is 3.98. The number of hydrogen-bond donors (Lipinski definition) is 2. The maximum absolute atomic E-state index is 12.2. The van der Waals surface area contributed by atoms with Crippen LogP contribution in [-0.2, 0) is 0 Å². The third-order valence-electron chi connectivity index (χ3n) is 3.98. The van der Waals surface area contributed by atoms with Crippen molar-refractivity contribution in [2.75, 3.05) is 0 Å². The van der Waals surface area contributed by atoms with Crippen molar-refractivity contribution in [3.63, 3.8) is 0 Å².